The van der Waals surface area contributed by atoms with E-state index in [2.05, 4.69) is 57.2 Å². The van der Waals surface area contributed by atoms with Gasteiger partial charge in [-0.25, -0.2) is 4.98 Å². The molecule has 2 N–H and O–H groups in total. The third-order valence-electron chi connectivity index (χ3n) is 9.85. The molecular formula is C42H48N7O4S+. The number of thiophene rings is 1. The fourth-order valence-electron chi connectivity index (χ4n) is 6.82. The molecule has 11 nitrogen and oxygen atoms in total. The second kappa shape index (κ2) is 17.2. The number of rotatable bonds is 12. The van der Waals surface area contributed by atoms with E-state index in [9.17, 15) is 14.4 Å². The molecule has 1 atom stereocenters. The van der Waals surface area contributed by atoms with Gasteiger partial charge in [0.05, 0.1) is 28.6 Å². The third kappa shape index (κ3) is 9.04. The van der Waals surface area contributed by atoms with E-state index >= 15 is 0 Å². The SMILES string of the molecule is C=[N+]1N=C(c2ccc(OC(C)C)nc2)c2cc(NC(=O)C3(CC)CCN(CC(=O)N4CC=C(c5ccc(NC(=O)C=CC#CCCC)s5)CC4)C3)ccc21. The Bertz CT molecular complexity index is 2070. The van der Waals surface area contributed by atoms with Crippen LogP contribution in [0.15, 0.2) is 72.0 Å². The Hall–Kier alpha value is -5.38. The molecule has 6 rings (SSSR count). The van der Waals surface area contributed by atoms with Crippen LogP contribution in [0.3, 0.4) is 0 Å². The highest BCUT2D eigenvalue weighted by Gasteiger charge is 2.44. The van der Waals surface area contributed by atoms with Gasteiger partial charge in [-0.2, -0.15) is 0 Å². The van der Waals surface area contributed by atoms with Crippen LogP contribution in [0, 0.1) is 17.3 Å². The van der Waals surface area contributed by atoms with Crippen LogP contribution < -0.4 is 15.4 Å². The Morgan fingerprint density at radius 3 is 2.70 bits per heavy atom. The van der Waals surface area contributed by atoms with Crippen molar-refractivity contribution >= 4 is 63.4 Å². The zero-order valence-corrected chi connectivity index (χ0v) is 32.3. The van der Waals surface area contributed by atoms with Crippen molar-refractivity contribution in [3.05, 3.63) is 82.9 Å². The van der Waals surface area contributed by atoms with Gasteiger partial charge in [0.15, 0.2) is 12.4 Å². The van der Waals surface area contributed by atoms with Gasteiger partial charge in [-0.1, -0.05) is 36.4 Å². The first-order valence-corrected chi connectivity index (χ1v) is 19.4. The Kier molecular flexibility index (Phi) is 12.2. The first-order chi connectivity index (χ1) is 26.1. The number of nitrogens with one attached hydrogen (secondary N) is 2. The van der Waals surface area contributed by atoms with Crippen LogP contribution in [0.25, 0.3) is 5.57 Å². The zero-order valence-electron chi connectivity index (χ0n) is 31.5. The third-order valence-corrected chi connectivity index (χ3v) is 10.9. The van der Waals surface area contributed by atoms with Crippen LogP contribution in [0.2, 0.25) is 0 Å². The molecule has 280 valence electrons. The standard InChI is InChI=1S/C42H47N7O4S/c1-6-8-9-10-11-12-36(50)45-38-18-16-35(54-38)30-19-22-49(23-20-30)39(51)27-48-24-21-42(7-2,28-48)41(52)44-32-14-15-34-33(25-32)40(46-47(34)5)31-13-17-37(43-26-31)53-29(3)4/h11-19,25-26,29H,5-8,20-24,27-28H2,1-4H3,(H-,44,45,50,52)/p+1. The van der Waals surface area contributed by atoms with Gasteiger partial charge in [0.1, 0.15) is 0 Å². The topological polar surface area (TPSA) is 119 Å². The molecule has 0 aliphatic carbocycles. The van der Waals surface area contributed by atoms with Crippen molar-refractivity contribution in [2.24, 2.45) is 10.5 Å². The number of nitrogens with zero attached hydrogens (tertiary/aromatic N) is 5. The van der Waals surface area contributed by atoms with E-state index in [4.69, 9.17) is 4.74 Å². The molecule has 5 heterocycles. The molecule has 3 aromatic rings. The van der Waals surface area contributed by atoms with Gasteiger partial charge in [-0.05, 0) is 88.1 Å². The van der Waals surface area contributed by atoms with Gasteiger partial charge in [-0.3, -0.25) is 19.3 Å². The second-order valence-electron chi connectivity index (χ2n) is 14.1. The molecule has 1 aromatic carbocycles. The summed E-state index contributed by atoms with van der Waals surface area (Å²) in [5.74, 6) is 6.22. The largest absolute Gasteiger partial charge is 0.475 e. The van der Waals surface area contributed by atoms with E-state index in [1.165, 1.54) is 23.0 Å². The van der Waals surface area contributed by atoms with E-state index in [0.29, 0.717) is 50.6 Å². The summed E-state index contributed by atoms with van der Waals surface area (Å²) in [5.41, 5.74) is 4.48. The van der Waals surface area contributed by atoms with Crippen LogP contribution in [-0.2, 0) is 14.4 Å². The first-order valence-electron chi connectivity index (χ1n) is 18.6. The number of benzene rings is 1. The van der Waals surface area contributed by atoms with E-state index in [-0.39, 0.29) is 30.4 Å². The van der Waals surface area contributed by atoms with Gasteiger partial charge in [0, 0.05) is 71.7 Å². The highest BCUT2D eigenvalue weighted by molar-refractivity contribution is 7.17. The summed E-state index contributed by atoms with van der Waals surface area (Å²) >= 11 is 1.53. The molecule has 1 unspecified atom stereocenters. The number of aromatic nitrogens is 1. The summed E-state index contributed by atoms with van der Waals surface area (Å²) < 4.78 is 7.28. The number of carbonyl (C=O) groups excluding carboxylic acids is 3. The highest BCUT2D eigenvalue weighted by atomic mass is 32.1. The molecule has 2 aromatic heterocycles. The Morgan fingerprint density at radius 2 is 1.98 bits per heavy atom. The van der Waals surface area contributed by atoms with E-state index in [1.807, 2.05) is 68.1 Å². The first kappa shape index (κ1) is 38.3. The monoisotopic (exact) mass is 746 g/mol. The summed E-state index contributed by atoms with van der Waals surface area (Å²) in [6.07, 6.45) is 10.8. The number of ether oxygens (including phenoxy) is 1. The molecule has 12 heteroatoms. The van der Waals surface area contributed by atoms with E-state index in [1.54, 1.807) is 17.0 Å². The lowest BCUT2D eigenvalue weighted by Gasteiger charge is -2.29. The number of unbranched alkanes of at least 4 members (excludes halogenated alkanes) is 1. The van der Waals surface area contributed by atoms with Crippen molar-refractivity contribution in [2.45, 2.75) is 65.9 Å². The molecule has 3 aliphatic rings. The molecule has 0 saturated carbocycles. The van der Waals surface area contributed by atoms with Crippen molar-refractivity contribution in [1.29, 1.82) is 0 Å². The predicted octanol–water partition coefficient (Wildman–Crippen LogP) is 6.70. The molecule has 1 saturated heterocycles. The lowest BCUT2D eigenvalue weighted by molar-refractivity contribution is -0.431. The van der Waals surface area contributed by atoms with Gasteiger partial charge in [-0.15, -0.1) is 11.3 Å². The maximum absolute atomic E-state index is 13.9. The van der Waals surface area contributed by atoms with Crippen molar-refractivity contribution in [1.82, 2.24) is 14.8 Å². The van der Waals surface area contributed by atoms with E-state index < -0.39 is 5.41 Å². The van der Waals surface area contributed by atoms with Crippen molar-refractivity contribution in [3.63, 3.8) is 0 Å². The van der Waals surface area contributed by atoms with Crippen LogP contribution in [0.5, 0.6) is 5.88 Å². The van der Waals surface area contributed by atoms with Crippen LogP contribution in [0.4, 0.5) is 16.4 Å². The number of anilines is 2. The molecular weight excluding hydrogens is 699 g/mol. The fourth-order valence-corrected chi connectivity index (χ4v) is 7.80. The summed E-state index contributed by atoms with van der Waals surface area (Å²) in [6, 6.07) is 13.4. The lowest BCUT2D eigenvalue weighted by atomic mass is 9.83. The maximum atomic E-state index is 13.9. The number of likely N-dealkylation sites (tertiary alicyclic amines) is 1. The predicted molar refractivity (Wildman–Crippen MR) is 215 cm³/mol. The fraction of sp³-hybridized carbons (Fsp3) is 0.381. The minimum absolute atomic E-state index is 0.0226. The molecule has 0 bridgehead atoms. The Morgan fingerprint density at radius 1 is 1.13 bits per heavy atom. The number of pyridine rings is 1. The van der Waals surface area contributed by atoms with Crippen molar-refractivity contribution in [2.75, 3.05) is 43.4 Å². The number of carbonyl (C=O) groups is 3. The average molecular weight is 747 g/mol. The van der Waals surface area contributed by atoms with Gasteiger partial charge < -0.3 is 20.3 Å². The second-order valence-corrected chi connectivity index (χ2v) is 15.1. The van der Waals surface area contributed by atoms with Gasteiger partial charge in [0.2, 0.25) is 29.3 Å². The van der Waals surface area contributed by atoms with Crippen molar-refractivity contribution < 1.29 is 23.8 Å². The van der Waals surface area contributed by atoms with Crippen LogP contribution >= 0.6 is 11.3 Å². The van der Waals surface area contributed by atoms with Crippen LogP contribution in [-0.4, -0.2) is 88.4 Å². The Balaban J connectivity index is 1.02. The molecule has 1 fully saturated rings. The van der Waals surface area contributed by atoms with Gasteiger partial charge >= 0.3 is 0 Å². The molecule has 3 amide bonds. The highest BCUT2D eigenvalue weighted by Crippen LogP contribution is 2.37. The molecule has 0 radical (unpaired) electrons. The number of hydrogen-bond acceptors (Lipinski definition) is 8. The molecule has 0 spiro atoms. The minimum atomic E-state index is -0.607. The number of hydrazone groups is 1. The number of allylic oxidation sites excluding steroid dienone is 1. The quantitative estimate of drug-likeness (QED) is 0.121. The summed E-state index contributed by atoms with van der Waals surface area (Å²) in [5, 5.41) is 11.5. The maximum Gasteiger partial charge on any atom is 0.249 e. The number of fused-ring (bicyclic) bond motifs is 1. The number of hydrogen-bond donors (Lipinski definition) is 2. The normalized spacial score (nSPS) is 18.2. The summed E-state index contributed by atoms with van der Waals surface area (Å²) in [7, 11) is 0. The Labute approximate surface area is 321 Å². The van der Waals surface area contributed by atoms with Gasteiger partial charge in [0.25, 0.3) is 0 Å². The average Bonchev–Trinajstić information content (AvgIpc) is 3.89. The zero-order chi connectivity index (χ0) is 38.2. The van der Waals surface area contributed by atoms with Crippen LogP contribution in [0.1, 0.15) is 75.8 Å². The number of amides is 3. The van der Waals surface area contributed by atoms with E-state index in [0.717, 1.165) is 51.7 Å². The smallest absolute Gasteiger partial charge is 0.249 e. The van der Waals surface area contributed by atoms with Crippen molar-refractivity contribution in [3.8, 4) is 17.7 Å². The molecule has 54 heavy (non-hydrogen) atoms. The summed E-state index contributed by atoms with van der Waals surface area (Å²) in [6.45, 7) is 14.7. The summed E-state index contributed by atoms with van der Waals surface area (Å²) in [4.78, 5) is 49.1. The molecule has 3 aliphatic heterocycles. The minimum Gasteiger partial charge on any atom is -0.475 e. The lowest BCUT2D eigenvalue weighted by Crippen LogP contribution is -2.43.